The highest BCUT2D eigenvalue weighted by molar-refractivity contribution is 7.92. The lowest BCUT2D eigenvalue weighted by Gasteiger charge is -2.16. The summed E-state index contributed by atoms with van der Waals surface area (Å²) in [5, 5.41) is 4.55. The van der Waals surface area contributed by atoms with Crippen LogP contribution in [0.3, 0.4) is 0 Å². The normalized spacial score (nSPS) is 15.5. The molecular formula is C20H22ClN3O3S. The summed E-state index contributed by atoms with van der Waals surface area (Å²) in [7, 11) is -3.83. The number of nitrogens with zero attached hydrogens (tertiary/aromatic N) is 1. The maximum Gasteiger partial charge on any atom is 0.271 e. The first-order chi connectivity index (χ1) is 13.4. The second-order valence-corrected chi connectivity index (χ2v) is 8.88. The number of hydrogen-bond acceptors (Lipinski definition) is 4. The minimum atomic E-state index is -3.83. The zero-order valence-electron chi connectivity index (χ0n) is 15.3. The number of hydrazone groups is 1. The van der Waals surface area contributed by atoms with Crippen LogP contribution in [0.4, 0.5) is 5.69 Å². The quantitative estimate of drug-likeness (QED) is 0.536. The fourth-order valence-electron chi connectivity index (χ4n) is 3.09. The molecule has 1 aliphatic carbocycles. The number of benzene rings is 2. The molecule has 1 saturated carbocycles. The molecule has 0 radical (unpaired) electrons. The molecule has 0 spiro atoms. The standard InChI is InChI=1S/C20H22ClN3O3S/c21-17-9-11-18(12-10-17)24-28(26,27)19-8-4-7-16(13-19)20(25)23-22-14-15-5-2-1-3-6-15/h4,7-15,24H,1-3,5-6H2,(H,23,25)/b22-14+. The lowest BCUT2D eigenvalue weighted by atomic mass is 9.90. The molecule has 0 aliphatic heterocycles. The Morgan fingerprint density at radius 3 is 2.50 bits per heavy atom. The van der Waals surface area contributed by atoms with Crippen LogP contribution in [-0.2, 0) is 10.0 Å². The summed E-state index contributed by atoms with van der Waals surface area (Å²) in [6.07, 6.45) is 7.57. The van der Waals surface area contributed by atoms with Crippen molar-refractivity contribution in [3.8, 4) is 0 Å². The zero-order chi connectivity index (χ0) is 20.0. The van der Waals surface area contributed by atoms with Gasteiger partial charge in [0.15, 0.2) is 0 Å². The van der Waals surface area contributed by atoms with Crippen molar-refractivity contribution in [1.82, 2.24) is 5.43 Å². The third kappa shape index (κ3) is 5.56. The van der Waals surface area contributed by atoms with Gasteiger partial charge in [-0.15, -0.1) is 0 Å². The molecule has 3 rings (SSSR count). The SMILES string of the molecule is O=C(N/N=C/C1CCCCC1)c1cccc(S(=O)(=O)Nc2ccc(Cl)cc2)c1. The molecule has 148 valence electrons. The average Bonchev–Trinajstić information content (AvgIpc) is 2.70. The lowest BCUT2D eigenvalue weighted by molar-refractivity contribution is 0.0954. The molecule has 6 nitrogen and oxygen atoms in total. The summed E-state index contributed by atoms with van der Waals surface area (Å²) in [6, 6.07) is 12.1. The Balaban J connectivity index is 1.67. The molecule has 2 N–H and O–H groups in total. The van der Waals surface area contributed by atoms with Crippen LogP contribution in [-0.4, -0.2) is 20.5 Å². The van der Waals surface area contributed by atoms with E-state index in [2.05, 4.69) is 15.2 Å². The monoisotopic (exact) mass is 419 g/mol. The first-order valence-corrected chi connectivity index (χ1v) is 11.0. The number of nitrogens with one attached hydrogen (secondary N) is 2. The first kappa shape index (κ1) is 20.4. The van der Waals surface area contributed by atoms with Crippen molar-refractivity contribution in [3.05, 3.63) is 59.1 Å². The van der Waals surface area contributed by atoms with Crippen LogP contribution < -0.4 is 10.1 Å². The summed E-state index contributed by atoms with van der Waals surface area (Å²) in [4.78, 5) is 12.3. The van der Waals surface area contributed by atoms with Crippen LogP contribution in [0.15, 0.2) is 58.5 Å². The van der Waals surface area contributed by atoms with Gasteiger partial charge in [0.1, 0.15) is 0 Å². The van der Waals surface area contributed by atoms with E-state index in [0.29, 0.717) is 16.6 Å². The van der Waals surface area contributed by atoms with E-state index in [9.17, 15) is 13.2 Å². The highest BCUT2D eigenvalue weighted by atomic mass is 35.5. The van der Waals surface area contributed by atoms with Crippen molar-refractivity contribution >= 4 is 39.4 Å². The molecule has 0 aromatic heterocycles. The van der Waals surface area contributed by atoms with Gasteiger partial charge in [0.05, 0.1) is 4.90 Å². The largest absolute Gasteiger partial charge is 0.280 e. The Hall–Kier alpha value is -2.38. The summed E-state index contributed by atoms with van der Waals surface area (Å²) < 4.78 is 27.6. The minimum Gasteiger partial charge on any atom is -0.280 e. The molecule has 1 aliphatic rings. The molecule has 0 unspecified atom stereocenters. The van der Waals surface area contributed by atoms with Gasteiger partial charge in [-0.25, -0.2) is 13.8 Å². The molecule has 1 fully saturated rings. The van der Waals surface area contributed by atoms with E-state index >= 15 is 0 Å². The predicted molar refractivity (Wildman–Crippen MR) is 111 cm³/mol. The maximum absolute atomic E-state index is 12.6. The van der Waals surface area contributed by atoms with Gasteiger partial charge in [-0.05, 0) is 61.2 Å². The molecular weight excluding hydrogens is 398 g/mol. The van der Waals surface area contributed by atoms with Gasteiger partial charge < -0.3 is 0 Å². The molecule has 0 atom stereocenters. The van der Waals surface area contributed by atoms with E-state index in [1.807, 2.05) is 0 Å². The second kappa shape index (κ2) is 9.21. The molecule has 0 bridgehead atoms. The van der Waals surface area contributed by atoms with E-state index in [-0.39, 0.29) is 10.5 Å². The van der Waals surface area contributed by atoms with Crippen LogP contribution in [0.25, 0.3) is 0 Å². The van der Waals surface area contributed by atoms with Crippen LogP contribution in [0.5, 0.6) is 0 Å². The van der Waals surface area contributed by atoms with Gasteiger partial charge >= 0.3 is 0 Å². The smallest absolute Gasteiger partial charge is 0.271 e. The zero-order valence-corrected chi connectivity index (χ0v) is 16.8. The Kier molecular flexibility index (Phi) is 6.70. The van der Waals surface area contributed by atoms with Gasteiger partial charge in [0.2, 0.25) is 0 Å². The Labute approximate surface area is 170 Å². The molecule has 2 aromatic carbocycles. The Morgan fingerprint density at radius 1 is 1.07 bits per heavy atom. The summed E-state index contributed by atoms with van der Waals surface area (Å²) in [5.74, 6) is -0.0556. The van der Waals surface area contributed by atoms with E-state index < -0.39 is 15.9 Å². The predicted octanol–water partition coefficient (Wildman–Crippen LogP) is 4.44. The number of sulfonamides is 1. The van der Waals surface area contributed by atoms with Crippen LogP contribution >= 0.6 is 11.6 Å². The molecule has 28 heavy (non-hydrogen) atoms. The number of carbonyl (C=O) groups is 1. The van der Waals surface area contributed by atoms with Gasteiger partial charge in [0.25, 0.3) is 15.9 Å². The summed E-state index contributed by atoms with van der Waals surface area (Å²) >= 11 is 5.81. The third-order valence-electron chi connectivity index (χ3n) is 4.60. The number of amides is 1. The topological polar surface area (TPSA) is 87.6 Å². The van der Waals surface area contributed by atoms with Crippen molar-refractivity contribution in [3.63, 3.8) is 0 Å². The van der Waals surface area contributed by atoms with Crippen molar-refractivity contribution in [2.45, 2.75) is 37.0 Å². The maximum atomic E-state index is 12.6. The summed E-state index contributed by atoms with van der Waals surface area (Å²) in [6.45, 7) is 0. The first-order valence-electron chi connectivity index (χ1n) is 9.16. The van der Waals surface area contributed by atoms with Gasteiger partial charge in [-0.2, -0.15) is 5.10 Å². The molecule has 2 aromatic rings. The molecule has 0 saturated heterocycles. The third-order valence-corrected chi connectivity index (χ3v) is 6.24. The van der Waals surface area contributed by atoms with Crippen LogP contribution in [0.2, 0.25) is 5.02 Å². The highest BCUT2D eigenvalue weighted by Crippen LogP contribution is 2.22. The molecule has 8 heteroatoms. The van der Waals surface area contributed by atoms with Gasteiger partial charge in [0, 0.05) is 22.5 Å². The van der Waals surface area contributed by atoms with E-state index in [0.717, 1.165) is 12.8 Å². The fourth-order valence-corrected chi connectivity index (χ4v) is 4.32. The molecule has 1 amide bonds. The van der Waals surface area contributed by atoms with E-state index in [1.165, 1.54) is 37.5 Å². The van der Waals surface area contributed by atoms with Crippen molar-refractivity contribution < 1.29 is 13.2 Å². The van der Waals surface area contributed by atoms with Crippen molar-refractivity contribution in [2.75, 3.05) is 4.72 Å². The molecule has 0 heterocycles. The number of halogens is 1. The van der Waals surface area contributed by atoms with Gasteiger partial charge in [-0.3, -0.25) is 9.52 Å². The van der Waals surface area contributed by atoms with Crippen molar-refractivity contribution in [1.29, 1.82) is 0 Å². The number of hydrogen-bond donors (Lipinski definition) is 2. The Bertz CT molecular complexity index is 953. The number of carbonyl (C=O) groups excluding carboxylic acids is 1. The fraction of sp³-hybridized carbons (Fsp3) is 0.300. The summed E-state index contributed by atoms with van der Waals surface area (Å²) in [5.41, 5.74) is 3.09. The Morgan fingerprint density at radius 2 is 1.79 bits per heavy atom. The van der Waals surface area contributed by atoms with E-state index in [4.69, 9.17) is 11.6 Å². The van der Waals surface area contributed by atoms with Gasteiger partial charge in [-0.1, -0.05) is 36.9 Å². The second-order valence-electron chi connectivity index (χ2n) is 6.76. The van der Waals surface area contributed by atoms with Crippen LogP contribution in [0.1, 0.15) is 42.5 Å². The van der Waals surface area contributed by atoms with Crippen LogP contribution in [0, 0.1) is 5.92 Å². The highest BCUT2D eigenvalue weighted by Gasteiger charge is 2.17. The van der Waals surface area contributed by atoms with E-state index in [1.54, 1.807) is 36.5 Å². The number of anilines is 1. The lowest BCUT2D eigenvalue weighted by Crippen LogP contribution is -2.20. The van der Waals surface area contributed by atoms with Crippen molar-refractivity contribution in [2.24, 2.45) is 11.0 Å². The number of rotatable bonds is 6. The average molecular weight is 420 g/mol. The minimum absolute atomic E-state index is 0.00800.